The van der Waals surface area contributed by atoms with Crippen molar-refractivity contribution >= 4 is 5.84 Å². The van der Waals surface area contributed by atoms with Gasteiger partial charge in [-0.2, -0.15) is 0 Å². The van der Waals surface area contributed by atoms with E-state index in [2.05, 4.69) is 38.1 Å². The molecule has 0 aliphatic heterocycles. The van der Waals surface area contributed by atoms with E-state index in [1.807, 2.05) is 19.1 Å². The van der Waals surface area contributed by atoms with Crippen LogP contribution in [0.1, 0.15) is 33.3 Å². The second-order valence-electron chi connectivity index (χ2n) is 5.51. The van der Waals surface area contributed by atoms with E-state index in [4.69, 9.17) is 15.7 Å². The van der Waals surface area contributed by atoms with Crippen molar-refractivity contribution in [1.29, 1.82) is 0 Å². The molecule has 0 aromatic heterocycles. The van der Waals surface area contributed by atoms with E-state index in [-0.39, 0.29) is 17.2 Å². The third-order valence-corrected chi connectivity index (χ3v) is 2.84. The second kappa shape index (κ2) is 5.76. The number of hydrogen-bond acceptors (Lipinski definition) is 3. The van der Waals surface area contributed by atoms with Gasteiger partial charge in [-0.1, -0.05) is 45.0 Å². The summed E-state index contributed by atoms with van der Waals surface area (Å²) in [5, 5.41) is 11.5. The van der Waals surface area contributed by atoms with Crippen LogP contribution in [-0.4, -0.2) is 17.6 Å². The number of ether oxygens (including phenoxy) is 1. The van der Waals surface area contributed by atoms with E-state index in [9.17, 15) is 0 Å². The van der Waals surface area contributed by atoms with Crippen LogP contribution in [0, 0.1) is 5.92 Å². The van der Waals surface area contributed by atoms with Crippen LogP contribution in [-0.2, 0) is 5.41 Å². The van der Waals surface area contributed by atoms with Crippen molar-refractivity contribution in [3.05, 3.63) is 29.8 Å². The Morgan fingerprint density at radius 2 is 1.89 bits per heavy atom. The number of rotatable bonds is 4. The normalized spacial score (nSPS) is 14.3. The molecule has 1 unspecified atom stereocenters. The highest BCUT2D eigenvalue weighted by molar-refractivity contribution is 5.81. The minimum absolute atomic E-state index is 0.114. The number of nitrogens with zero attached hydrogens (tertiary/aromatic N) is 1. The lowest BCUT2D eigenvalue weighted by atomic mass is 9.87. The third-order valence-electron chi connectivity index (χ3n) is 2.84. The van der Waals surface area contributed by atoms with Gasteiger partial charge < -0.3 is 15.7 Å². The minimum atomic E-state index is -0.114. The van der Waals surface area contributed by atoms with Crippen LogP contribution in [0.2, 0.25) is 0 Å². The average molecular weight is 250 g/mol. The van der Waals surface area contributed by atoms with Crippen LogP contribution < -0.4 is 10.5 Å². The van der Waals surface area contributed by atoms with E-state index in [1.54, 1.807) is 0 Å². The molecule has 0 saturated heterocycles. The molecule has 4 heteroatoms. The molecule has 0 saturated carbocycles. The average Bonchev–Trinajstić information content (AvgIpc) is 2.34. The zero-order valence-corrected chi connectivity index (χ0v) is 11.5. The molecule has 1 rings (SSSR count). The van der Waals surface area contributed by atoms with Gasteiger partial charge >= 0.3 is 0 Å². The molecule has 0 heterocycles. The summed E-state index contributed by atoms with van der Waals surface area (Å²) in [4.78, 5) is 0. The van der Waals surface area contributed by atoms with Crippen LogP contribution in [0.3, 0.4) is 0 Å². The van der Waals surface area contributed by atoms with Crippen LogP contribution in [0.4, 0.5) is 0 Å². The van der Waals surface area contributed by atoms with Crippen LogP contribution in [0.25, 0.3) is 0 Å². The molecule has 3 N–H and O–H groups in total. The summed E-state index contributed by atoms with van der Waals surface area (Å²) >= 11 is 0. The van der Waals surface area contributed by atoms with E-state index < -0.39 is 0 Å². The van der Waals surface area contributed by atoms with Crippen LogP contribution in [0.5, 0.6) is 5.75 Å². The van der Waals surface area contributed by atoms with Gasteiger partial charge in [0.25, 0.3) is 0 Å². The van der Waals surface area contributed by atoms with Crippen molar-refractivity contribution in [3.63, 3.8) is 0 Å². The number of hydrogen-bond donors (Lipinski definition) is 2. The first kappa shape index (κ1) is 14.4. The number of amidine groups is 1. The molecule has 0 fully saturated rings. The highest BCUT2D eigenvalue weighted by Crippen LogP contribution is 2.24. The van der Waals surface area contributed by atoms with E-state index in [1.165, 1.54) is 5.56 Å². The summed E-state index contributed by atoms with van der Waals surface area (Å²) in [5.41, 5.74) is 6.88. The first-order valence-electron chi connectivity index (χ1n) is 6.05. The van der Waals surface area contributed by atoms with Gasteiger partial charge in [0.2, 0.25) is 0 Å². The van der Waals surface area contributed by atoms with Crippen LogP contribution in [0.15, 0.2) is 29.4 Å². The van der Waals surface area contributed by atoms with Gasteiger partial charge in [0.1, 0.15) is 11.6 Å². The fourth-order valence-corrected chi connectivity index (χ4v) is 1.46. The maximum atomic E-state index is 8.54. The van der Waals surface area contributed by atoms with E-state index in [0.717, 1.165) is 5.75 Å². The maximum absolute atomic E-state index is 8.54. The SMILES string of the molecule is CC(COc1ccc(C(C)(C)C)cc1)/C(N)=N/O. The standard InChI is InChI=1S/C14H22N2O2/c1-10(13(15)16-17)9-18-12-7-5-11(6-8-12)14(2,3)4/h5-8,10,17H,9H2,1-4H3,(H2,15,16). The summed E-state index contributed by atoms with van der Waals surface area (Å²) in [6.45, 7) is 8.75. The van der Waals surface area contributed by atoms with Gasteiger partial charge in [0.15, 0.2) is 0 Å². The Balaban J connectivity index is 2.60. The van der Waals surface area contributed by atoms with Gasteiger partial charge in [-0.25, -0.2) is 0 Å². The Labute approximate surface area is 108 Å². The highest BCUT2D eigenvalue weighted by atomic mass is 16.5. The van der Waals surface area contributed by atoms with Gasteiger partial charge in [0.05, 0.1) is 12.5 Å². The monoisotopic (exact) mass is 250 g/mol. The summed E-state index contributed by atoms with van der Waals surface area (Å²) < 4.78 is 5.59. The van der Waals surface area contributed by atoms with Gasteiger partial charge in [0, 0.05) is 0 Å². The van der Waals surface area contributed by atoms with Crippen molar-refractivity contribution in [2.75, 3.05) is 6.61 Å². The molecule has 1 atom stereocenters. The second-order valence-corrected chi connectivity index (χ2v) is 5.51. The molecule has 0 spiro atoms. The smallest absolute Gasteiger partial charge is 0.145 e. The van der Waals surface area contributed by atoms with Crippen molar-refractivity contribution in [1.82, 2.24) is 0 Å². The molecular formula is C14H22N2O2. The fraction of sp³-hybridized carbons (Fsp3) is 0.500. The van der Waals surface area contributed by atoms with Crippen molar-refractivity contribution in [2.45, 2.75) is 33.1 Å². The van der Waals surface area contributed by atoms with Crippen molar-refractivity contribution in [2.24, 2.45) is 16.8 Å². The zero-order valence-electron chi connectivity index (χ0n) is 11.5. The predicted octanol–water partition coefficient (Wildman–Crippen LogP) is 2.75. The Hall–Kier alpha value is -1.71. The molecule has 100 valence electrons. The lowest BCUT2D eigenvalue weighted by Crippen LogP contribution is -2.26. The van der Waals surface area contributed by atoms with Gasteiger partial charge in [-0.3, -0.25) is 0 Å². The molecule has 4 nitrogen and oxygen atoms in total. The maximum Gasteiger partial charge on any atom is 0.145 e. The van der Waals surface area contributed by atoms with Gasteiger partial charge in [-0.05, 0) is 23.1 Å². The molecule has 18 heavy (non-hydrogen) atoms. The van der Waals surface area contributed by atoms with Crippen molar-refractivity contribution in [3.8, 4) is 5.75 Å². The predicted molar refractivity (Wildman–Crippen MR) is 73.2 cm³/mol. The largest absolute Gasteiger partial charge is 0.493 e. The topological polar surface area (TPSA) is 67.8 Å². The first-order valence-corrected chi connectivity index (χ1v) is 6.05. The molecule has 0 amide bonds. The van der Waals surface area contributed by atoms with Crippen molar-refractivity contribution < 1.29 is 9.94 Å². The first-order chi connectivity index (χ1) is 8.34. The molecule has 1 aromatic rings. The zero-order chi connectivity index (χ0) is 13.8. The summed E-state index contributed by atoms with van der Waals surface area (Å²) in [6.07, 6.45) is 0. The molecule has 1 aromatic carbocycles. The Morgan fingerprint density at radius 3 is 2.33 bits per heavy atom. The minimum Gasteiger partial charge on any atom is -0.493 e. The molecule has 0 radical (unpaired) electrons. The Kier molecular flexibility index (Phi) is 4.59. The highest BCUT2D eigenvalue weighted by Gasteiger charge is 2.13. The lowest BCUT2D eigenvalue weighted by molar-refractivity contribution is 0.279. The lowest BCUT2D eigenvalue weighted by Gasteiger charge is -2.19. The quantitative estimate of drug-likeness (QED) is 0.373. The summed E-state index contributed by atoms with van der Waals surface area (Å²) in [6, 6.07) is 8.01. The van der Waals surface area contributed by atoms with Gasteiger partial charge in [-0.15, -0.1) is 0 Å². The van der Waals surface area contributed by atoms with E-state index >= 15 is 0 Å². The Bertz CT molecular complexity index is 405. The molecule has 0 aliphatic rings. The van der Waals surface area contributed by atoms with E-state index in [0.29, 0.717) is 6.61 Å². The van der Waals surface area contributed by atoms with Crippen LogP contribution >= 0.6 is 0 Å². The number of oxime groups is 1. The molecular weight excluding hydrogens is 228 g/mol. The number of benzene rings is 1. The molecule has 0 bridgehead atoms. The third kappa shape index (κ3) is 3.95. The summed E-state index contributed by atoms with van der Waals surface area (Å²) in [5.74, 6) is 0.860. The summed E-state index contributed by atoms with van der Waals surface area (Å²) in [7, 11) is 0. The molecule has 0 aliphatic carbocycles. The number of nitrogens with two attached hydrogens (primary N) is 1. The fourth-order valence-electron chi connectivity index (χ4n) is 1.46. The Morgan fingerprint density at radius 1 is 1.33 bits per heavy atom.